The summed E-state index contributed by atoms with van der Waals surface area (Å²) in [5, 5.41) is 9.12. The molecule has 14 heavy (non-hydrogen) atoms. The molecule has 0 unspecified atom stereocenters. The Morgan fingerprint density at radius 3 is 3.14 bits per heavy atom. The number of nitrogens with zero attached hydrogens (tertiary/aromatic N) is 2. The van der Waals surface area contributed by atoms with Crippen molar-refractivity contribution in [3.63, 3.8) is 0 Å². The summed E-state index contributed by atoms with van der Waals surface area (Å²) in [4.78, 5) is 5.54. The Morgan fingerprint density at radius 1 is 1.64 bits per heavy atom. The van der Waals surface area contributed by atoms with E-state index < -0.39 is 0 Å². The van der Waals surface area contributed by atoms with Crippen LogP contribution in [0.2, 0.25) is 0 Å². The van der Waals surface area contributed by atoms with Crippen molar-refractivity contribution >= 4 is 17.4 Å². The lowest BCUT2D eigenvalue weighted by atomic mass is 9.75. The molecule has 1 aliphatic carbocycles. The molecule has 0 spiro atoms. The molecule has 1 heterocycles. The van der Waals surface area contributed by atoms with E-state index in [1.165, 1.54) is 4.88 Å². The molecule has 0 bridgehead atoms. The smallest absolute Gasteiger partial charge is 0.0801 e. The van der Waals surface area contributed by atoms with Gasteiger partial charge in [0.2, 0.25) is 0 Å². The molecule has 0 aromatic carbocycles. The zero-order chi connectivity index (χ0) is 10.2. The Kier molecular flexibility index (Phi) is 2.16. The zero-order valence-corrected chi connectivity index (χ0v) is 9.14. The third kappa shape index (κ3) is 1.36. The number of hydrogen-bond acceptors (Lipinski definition) is 3. The second-order valence-electron chi connectivity index (χ2n) is 4.13. The van der Waals surface area contributed by atoms with Crippen LogP contribution in [0.4, 0.5) is 0 Å². The molecule has 3 heteroatoms. The Bertz CT molecular complexity index is 409. The third-order valence-electron chi connectivity index (χ3n) is 2.75. The number of allylic oxidation sites excluding steroid dienone is 1. The maximum atomic E-state index is 9.12. The van der Waals surface area contributed by atoms with Crippen molar-refractivity contribution in [2.75, 3.05) is 0 Å². The molecule has 0 N–H and O–H groups in total. The van der Waals surface area contributed by atoms with Crippen molar-refractivity contribution in [3.8, 4) is 6.07 Å². The van der Waals surface area contributed by atoms with E-state index in [4.69, 9.17) is 5.26 Å². The highest BCUT2D eigenvalue weighted by Gasteiger charge is 2.33. The SMILES string of the molecule is CC(C)(C#N)[C@@H]1CC=Cc2ncsc21. The first-order valence-corrected chi connectivity index (χ1v) is 5.54. The second kappa shape index (κ2) is 3.21. The van der Waals surface area contributed by atoms with Gasteiger partial charge in [-0.3, -0.25) is 0 Å². The van der Waals surface area contributed by atoms with Crippen LogP contribution in [0.1, 0.15) is 36.8 Å². The maximum absolute atomic E-state index is 9.12. The summed E-state index contributed by atoms with van der Waals surface area (Å²) in [7, 11) is 0. The van der Waals surface area contributed by atoms with E-state index in [1.807, 2.05) is 19.4 Å². The predicted octanol–water partition coefficient (Wildman–Crippen LogP) is 3.19. The van der Waals surface area contributed by atoms with E-state index in [2.05, 4.69) is 23.2 Å². The normalized spacial score (nSPS) is 20.2. The largest absolute Gasteiger partial charge is 0.245 e. The van der Waals surface area contributed by atoms with Crippen molar-refractivity contribution < 1.29 is 0 Å². The quantitative estimate of drug-likeness (QED) is 0.704. The van der Waals surface area contributed by atoms with E-state index in [-0.39, 0.29) is 5.41 Å². The average molecular weight is 204 g/mol. The molecule has 1 aliphatic rings. The predicted molar refractivity (Wildman–Crippen MR) is 57.9 cm³/mol. The van der Waals surface area contributed by atoms with Gasteiger partial charge in [-0.25, -0.2) is 4.98 Å². The maximum Gasteiger partial charge on any atom is 0.0801 e. The van der Waals surface area contributed by atoms with E-state index >= 15 is 0 Å². The number of fused-ring (bicyclic) bond motifs is 1. The average Bonchev–Trinajstić information content (AvgIpc) is 2.64. The summed E-state index contributed by atoms with van der Waals surface area (Å²) in [6.45, 7) is 4.00. The van der Waals surface area contributed by atoms with Gasteiger partial charge in [0.15, 0.2) is 0 Å². The molecular weight excluding hydrogens is 192 g/mol. The zero-order valence-electron chi connectivity index (χ0n) is 8.32. The van der Waals surface area contributed by atoms with Crippen LogP contribution in [0.5, 0.6) is 0 Å². The van der Waals surface area contributed by atoms with E-state index in [0.717, 1.165) is 12.1 Å². The van der Waals surface area contributed by atoms with Gasteiger partial charge in [-0.05, 0) is 26.3 Å². The number of thiazole rings is 1. The second-order valence-corrected chi connectivity index (χ2v) is 5.01. The van der Waals surface area contributed by atoms with Crippen molar-refractivity contribution in [3.05, 3.63) is 22.2 Å². The lowest BCUT2D eigenvalue weighted by Gasteiger charge is -2.28. The first-order chi connectivity index (χ1) is 6.65. The Morgan fingerprint density at radius 2 is 2.43 bits per heavy atom. The fourth-order valence-electron chi connectivity index (χ4n) is 1.77. The van der Waals surface area contributed by atoms with Gasteiger partial charge in [0, 0.05) is 10.8 Å². The van der Waals surface area contributed by atoms with Crippen LogP contribution in [0, 0.1) is 16.7 Å². The van der Waals surface area contributed by atoms with Gasteiger partial charge < -0.3 is 0 Å². The molecule has 1 atom stereocenters. The molecule has 1 aromatic heterocycles. The summed E-state index contributed by atoms with van der Waals surface area (Å²) in [5.74, 6) is 0.306. The standard InChI is InChI=1S/C11H12N2S/c1-11(2,6-12)8-4-3-5-9-10(8)14-7-13-9/h3,5,7-8H,4H2,1-2H3/t8-/m1/s1. The number of nitriles is 1. The molecule has 0 saturated carbocycles. The van der Waals surface area contributed by atoms with Crippen LogP contribution in [0.15, 0.2) is 11.6 Å². The highest BCUT2D eigenvalue weighted by atomic mass is 32.1. The minimum Gasteiger partial charge on any atom is -0.245 e. The van der Waals surface area contributed by atoms with Crippen LogP contribution >= 0.6 is 11.3 Å². The summed E-state index contributed by atoms with van der Waals surface area (Å²) in [6.07, 6.45) is 5.12. The van der Waals surface area contributed by atoms with Gasteiger partial charge in [0.25, 0.3) is 0 Å². The van der Waals surface area contributed by atoms with Gasteiger partial charge in [0.05, 0.1) is 22.7 Å². The van der Waals surface area contributed by atoms with Crippen molar-refractivity contribution in [2.24, 2.45) is 5.41 Å². The molecule has 0 radical (unpaired) electrons. The molecule has 0 fully saturated rings. The highest BCUT2D eigenvalue weighted by Crippen LogP contribution is 2.43. The van der Waals surface area contributed by atoms with Crippen LogP contribution in [-0.2, 0) is 0 Å². The number of rotatable bonds is 1. The molecule has 2 rings (SSSR count). The fraction of sp³-hybridized carbons (Fsp3) is 0.455. The van der Waals surface area contributed by atoms with Crippen molar-refractivity contribution in [1.29, 1.82) is 5.26 Å². The van der Waals surface area contributed by atoms with Crippen LogP contribution in [0.25, 0.3) is 6.08 Å². The number of aromatic nitrogens is 1. The minimum absolute atomic E-state index is 0.300. The molecule has 2 nitrogen and oxygen atoms in total. The molecule has 0 amide bonds. The molecular formula is C11H12N2S. The lowest BCUT2D eigenvalue weighted by Crippen LogP contribution is -2.21. The van der Waals surface area contributed by atoms with Gasteiger partial charge in [-0.1, -0.05) is 6.08 Å². The summed E-state index contributed by atoms with van der Waals surface area (Å²) >= 11 is 1.66. The first kappa shape index (κ1) is 9.42. The van der Waals surface area contributed by atoms with Crippen molar-refractivity contribution in [2.45, 2.75) is 26.2 Å². The van der Waals surface area contributed by atoms with Gasteiger partial charge >= 0.3 is 0 Å². The van der Waals surface area contributed by atoms with E-state index in [1.54, 1.807) is 11.3 Å². The first-order valence-electron chi connectivity index (χ1n) is 4.66. The Balaban J connectivity index is 2.43. The Hall–Kier alpha value is -1.14. The summed E-state index contributed by atoms with van der Waals surface area (Å²) in [5.41, 5.74) is 2.61. The van der Waals surface area contributed by atoms with Gasteiger partial charge in [-0.2, -0.15) is 5.26 Å². The van der Waals surface area contributed by atoms with E-state index in [9.17, 15) is 0 Å². The van der Waals surface area contributed by atoms with Crippen LogP contribution < -0.4 is 0 Å². The molecule has 1 aromatic rings. The van der Waals surface area contributed by atoms with Gasteiger partial charge in [-0.15, -0.1) is 11.3 Å². The summed E-state index contributed by atoms with van der Waals surface area (Å²) in [6, 6.07) is 2.39. The van der Waals surface area contributed by atoms with E-state index in [0.29, 0.717) is 5.92 Å². The fourth-order valence-corrected chi connectivity index (χ4v) is 2.85. The van der Waals surface area contributed by atoms with Crippen molar-refractivity contribution in [1.82, 2.24) is 4.98 Å². The van der Waals surface area contributed by atoms with Crippen LogP contribution in [-0.4, -0.2) is 4.98 Å². The third-order valence-corrected chi connectivity index (χ3v) is 3.71. The topological polar surface area (TPSA) is 36.7 Å². The highest BCUT2D eigenvalue weighted by molar-refractivity contribution is 7.10. The van der Waals surface area contributed by atoms with Crippen LogP contribution in [0.3, 0.4) is 0 Å². The molecule has 0 aliphatic heterocycles. The Labute approximate surface area is 87.9 Å². The minimum atomic E-state index is -0.300. The molecule has 72 valence electrons. The van der Waals surface area contributed by atoms with Gasteiger partial charge in [0.1, 0.15) is 0 Å². The number of hydrogen-bond donors (Lipinski definition) is 0. The summed E-state index contributed by atoms with van der Waals surface area (Å²) < 4.78 is 0. The monoisotopic (exact) mass is 204 g/mol. The molecule has 0 saturated heterocycles. The lowest BCUT2D eigenvalue weighted by molar-refractivity contribution is 0.389.